The minimum absolute atomic E-state index is 0.243. The minimum Gasteiger partial charge on any atom is -0.335 e. The molecule has 0 saturated heterocycles. The van der Waals surface area contributed by atoms with E-state index in [1.54, 1.807) is 0 Å². The van der Waals surface area contributed by atoms with Gasteiger partial charge in [0.1, 0.15) is 5.82 Å². The summed E-state index contributed by atoms with van der Waals surface area (Å²) in [6.07, 6.45) is 9.63. The lowest BCUT2D eigenvalue weighted by molar-refractivity contribution is 0.505. The average Bonchev–Trinajstić information content (AvgIpc) is 2.90. The minimum atomic E-state index is 0.243. The Kier molecular flexibility index (Phi) is 5.73. The number of nitrogens with zero attached hydrogens (tertiary/aromatic N) is 3. The van der Waals surface area contributed by atoms with Crippen molar-refractivity contribution in [1.29, 1.82) is 0 Å². The van der Waals surface area contributed by atoms with Crippen LogP contribution in [0.4, 0.5) is 0 Å². The summed E-state index contributed by atoms with van der Waals surface area (Å²) in [4.78, 5) is 8.74. The summed E-state index contributed by atoms with van der Waals surface area (Å²) < 4.78 is 3.20. The molecule has 0 radical (unpaired) electrons. The zero-order valence-electron chi connectivity index (χ0n) is 12.0. The van der Waals surface area contributed by atoms with E-state index in [9.17, 15) is 0 Å². The third-order valence-electron chi connectivity index (χ3n) is 3.30. The van der Waals surface area contributed by atoms with Gasteiger partial charge in [0.25, 0.3) is 0 Å². The molecular formula is C15H21BrN4. The first-order valence-electron chi connectivity index (χ1n) is 7.08. The number of aryl methyl sites for hydroxylation is 1. The lowest BCUT2D eigenvalue weighted by Gasteiger charge is -2.19. The van der Waals surface area contributed by atoms with Crippen LogP contribution in [-0.2, 0) is 13.0 Å². The number of imidazole rings is 1. The van der Waals surface area contributed by atoms with Crippen molar-refractivity contribution in [2.45, 2.75) is 39.3 Å². The first kappa shape index (κ1) is 15.2. The summed E-state index contributed by atoms with van der Waals surface area (Å²) in [6.45, 7) is 6.26. The van der Waals surface area contributed by atoms with Gasteiger partial charge in [0.05, 0.1) is 0 Å². The van der Waals surface area contributed by atoms with E-state index in [0.29, 0.717) is 0 Å². The Bertz CT molecular complexity index is 538. The second kappa shape index (κ2) is 7.55. The summed E-state index contributed by atoms with van der Waals surface area (Å²) in [5.41, 5.74) is 1.19. The molecule has 2 rings (SSSR count). The highest BCUT2D eigenvalue weighted by atomic mass is 79.9. The van der Waals surface area contributed by atoms with Crippen LogP contribution >= 0.6 is 15.9 Å². The highest BCUT2D eigenvalue weighted by Gasteiger charge is 2.15. The van der Waals surface area contributed by atoms with E-state index in [4.69, 9.17) is 0 Å². The molecule has 20 heavy (non-hydrogen) atoms. The first-order valence-corrected chi connectivity index (χ1v) is 7.87. The van der Waals surface area contributed by atoms with E-state index in [2.05, 4.69) is 55.7 Å². The molecule has 2 aromatic heterocycles. The second-order valence-electron chi connectivity index (χ2n) is 4.78. The highest BCUT2D eigenvalue weighted by molar-refractivity contribution is 9.10. The van der Waals surface area contributed by atoms with Crippen molar-refractivity contribution in [3.8, 4) is 0 Å². The molecule has 0 bridgehead atoms. The number of nitrogens with one attached hydrogen (secondary N) is 1. The van der Waals surface area contributed by atoms with Crippen LogP contribution in [0.2, 0.25) is 0 Å². The Morgan fingerprint density at radius 3 is 2.90 bits per heavy atom. The molecule has 1 unspecified atom stereocenters. The second-order valence-corrected chi connectivity index (χ2v) is 5.69. The third-order valence-corrected chi connectivity index (χ3v) is 3.73. The fraction of sp³-hybridized carbons (Fsp3) is 0.467. The van der Waals surface area contributed by atoms with E-state index in [0.717, 1.165) is 36.2 Å². The van der Waals surface area contributed by atoms with Crippen LogP contribution in [0.15, 0.2) is 35.3 Å². The van der Waals surface area contributed by atoms with Crippen molar-refractivity contribution < 1.29 is 0 Å². The van der Waals surface area contributed by atoms with Crippen molar-refractivity contribution >= 4 is 15.9 Å². The molecule has 0 aromatic carbocycles. The molecule has 1 N–H and O–H groups in total. The summed E-state index contributed by atoms with van der Waals surface area (Å²) in [6, 6.07) is 2.37. The van der Waals surface area contributed by atoms with Gasteiger partial charge in [-0.2, -0.15) is 0 Å². The summed E-state index contributed by atoms with van der Waals surface area (Å²) in [5.74, 6) is 1.11. The maximum atomic E-state index is 4.47. The maximum absolute atomic E-state index is 4.47. The molecule has 1 atom stereocenters. The van der Waals surface area contributed by atoms with Gasteiger partial charge in [-0.3, -0.25) is 4.98 Å². The zero-order valence-corrected chi connectivity index (χ0v) is 13.6. The van der Waals surface area contributed by atoms with Gasteiger partial charge >= 0.3 is 0 Å². The maximum Gasteiger partial charge on any atom is 0.110 e. The molecular weight excluding hydrogens is 316 g/mol. The Morgan fingerprint density at radius 1 is 1.35 bits per heavy atom. The van der Waals surface area contributed by atoms with Gasteiger partial charge in [0, 0.05) is 48.3 Å². The molecule has 0 fully saturated rings. The molecule has 0 aliphatic heterocycles. The lowest BCUT2D eigenvalue weighted by Crippen LogP contribution is -2.25. The number of rotatable bonds is 7. The zero-order chi connectivity index (χ0) is 14.4. The van der Waals surface area contributed by atoms with Crippen LogP contribution in [-0.4, -0.2) is 21.1 Å². The average molecular weight is 337 g/mol. The van der Waals surface area contributed by atoms with E-state index in [1.165, 1.54) is 5.56 Å². The van der Waals surface area contributed by atoms with Crippen LogP contribution in [0, 0.1) is 0 Å². The van der Waals surface area contributed by atoms with Crippen molar-refractivity contribution in [2.24, 2.45) is 0 Å². The van der Waals surface area contributed by atoms with Gasteiger partial charge in [-0.25, -0.2) is 4.98 Å². The molecule has 0 amide bonds. The fourth-order valence-electron chi connectivity index (χ4n) is 2.25. The number of pyridine rings is 1. The quantitative estimate of drug-likeness (QED) is 0.843. The Balaban J connectivity index is 2.19. The molecule has 0 aliphatic rings. The van der Waals surface area contributed by atoms with Gasteiger partial charge < -0.3 is 9.88 Å². The lowest BCUT2D eigenvalue weighted by atomic mass is 10.1. The molecule has 2 aromatic rings. The van der Waals surface area contributed by atoms with Crippen molar-refractivity contribution in [3.63, 3.8) is 0 Å². The summed E-state index contributed by atoms with van der Waals surface area (Å²) in [7, 11) is 0. The molecule has 4 nitrogen and oxygen atoms in total. The monoisotopic (exact) mass is 336 g/mol. The van der Waals surface area contributed by atoms with Gasteiger partial charge in [-0.15, -0.1) is 0 Å². The molecule has 108 valence electrons. The predicted octanol–water partition coefficient (Wildman–Crippen LogP) is 3.34. The molecule has 0 saturated carbocycles. The van der Waals surface area contributed by atoms with Crippen molar-refractivity contribution in [1.82, 2.24) is 19.9 Å². The summed E-state index contributed by atoms with van der Waals surface area (Å²) >= 11 is 3.49. The standard InChI is InChI=1S/C15H21BrN4/c1-3-5-18-14(12-8-13(16)11-17-10-12)9-15-19-6-7-20(15)4-2/h6-8,10-11,14,18H,3-5,9H2,1-2H3. The van der Waals surface area contributed by atoms with Crippen LogP contribution < -0.4 is 5.32 Å². The number of hydrogen-bond donors (Lipinski definition) is 1. The molecule has 5 heteroatoms. The molecule has 2 heterocycles. The smallest absolute Gasteiger partial charge is 0.110 e. The van der Waals surface area contributed by atoms with Crippen LogP contribution in [0.1, 0.15) is 37.7 Å². The first-order chi connectivity index (χ1) is 9.74. The topological polar surface area (TPSA) is 42.7 Å². The third kappa shape index (κ3) is 3.90. The fourth-order valence-corrected chi connectivity index (χ4v) is 2.63. The summed E-state index contributed by atoms with van der Waals surface area (Å²) in [5, 5.41) is 3.59. The van der Waals surface area contributed by atoms with E-state index in [-0.39, 0.29) is 6.04 Å². The van der Waals surface area contributed by atoms with E-state index in [1.807, 2.05) is 24.8 Å². The number of hydrogen-bond acceptors (Lipinski definition) is 3. The van der Waals surface area contributed by atoms with Gasteiger partial charge in [0.2, 0.25) is 0 Å². The highest BCUT2D eigenvalue weighted by Crippen LogP contribution is 2.20. The molecule has 0 aliphatic carbocycles. The van der Waals surface area contributed by atoms with Gasteiger partial charge in [-0.05, 0) is 47.4 Å². The van der Waals surface area contributed by atoms with Crippen LogP contribution in [0.25, 0.3) is 0 Å². The SMILES string of the molecule is CCCNC(Cc1nccn1CC)c1cncc(Br)c1. The largest absolute Gasteiger partial charge is 0.335 e. The van der Waals surface area contributed by atoms with E-state index < -0.39 is 0 Å². The van der Waals surface area contributed by atoms with Crippen LogP contribution in [0.5, 0.6) is 0 Å². The van der Waals surface area contributed by atoms with Crippen molar-refractivity contribution in [2.75, 3.05) is 6.54 Å². The van der Waals surface area contributed by atoms with Crippen LogP contribution in [0.3, 0.4) is 0 Å². The Morgan fingerprint density at radius 2 is 2.20 bits per heavy atom. The predicted molar refractivity (Wildman–Crippen MR) is 84.6 cm³/mol. The van der Waals surface area contributed by atoms with E-state index >= 15 is 0 Å². The number of aromatic nitrogens is 3. The van der Waals surface area contributed by atoms with Crippen molar-refractivity contribution in [3.05, 3.63) is 46.7 Å². The number of halogens is 1. The molecule has 0 spiro atoms. The van der Waals surface area contributed by atoms with Gasteiger partial charge in [-0.1, -0.05) is 6.92 Å². The normalized spacial score (nSPS) is 12.6. The Labute approximate surface area is 128 Å². The Hall–Kier alpha value is -1.20. The van der Waals surface area contributed by atoms with Gasteiger partial charge in [0.15, 0.2) is 0 Å².